The number of ether oxygens (including phenoxy) is 2. The Morgan fingerprint density at radius 2 is 2.00 bits per heavy atom. The Labute approximate surface area is 117 Å². The Kier molecular flexibility index (Phi) is 4.60. The largest absolute Gasteiger partial charge is 0.507 e. The van der Waals surface area contributed by atoms with Crippen LogP contribution in [0.2, 0.25) is 0 Å². The van der Waals surface area contributed by atoms with Gasteiger partial charge in [-0.1, -0.05) is 0 Å². The van der Waals surface area contributed by atoms with Gasteiger partial charge in [-0.3, -0.25) is 10.1 Å². The Morgan fingerprint density at radius 1 is 1.40 bits per heavy atom. The first kappa shape index (κ1) is 15.8. The zero-order chi connectivity index (χ0) is 15.5. The van der Waals surface area contributed by atoms with E-state index in [1.165, 1.54) is 13.2 Å². The van der Waals surface area contributed by atoms with Crippen molar-refractivity contribution in [3.05, 3.63) is 17.2 Å². The molecule has 1 aromatic rings. The van der Waals surface area contributed by atoms with Crippen LogP contribution in [0.3, 0.4) is 0 Å². The molecule has 0 spiro atoms. The maximum absolute atomic E-state index is 11.8. The number of methoxy groups -OCH3 is 1. The zero-order valence-corrected chi connectivity index (χ0v) is 12.2. The number of hydrogen-bond acceptors (Lipinski definition) is 5. The first-order valence-corrected chi connectivity index (χ1v) is 6.05. The standard InChI is InChI=1S/C14H19NO5/c1-8-11(17)9(7-16)6-10(12(8)19-5)15-13(18)20-14(2,3)4/h6-7,17H,1-5H3,(H,15,18). The molecule has 0 radical (unpaired) electrons. The Bertz CT molecular complexity index is 531. The molecule has 0 atom stereocenters. The van der Waals surface area contributed by atoms with Gasteiger partial charge in [0, 0.05) is 5.56 Å². The lowest BCUT2D eigenvalue weighted by molar-refractivity contribution is 0.0635. The van der Waals surface area contributed by atoms with Gasteiger partial charge >= 0.3 is 6.09 Å². The van der Waals surface area contributed by atoms with Crippen LogP contribution in [0, 0.1) is 6.92 Å². The summed E-state index contributed by atoms with van der Waals surface area (Å²) in [7, 11) is 1.41. The van der Waals surface area contributed by atoms with Crippen molar-refractivity contribution in [3.63, 3.8) is 0 Å². The van der Waals surface area contributed by atoms with Gasteiger partial charge in [0.1, 0.15) is 17.1 Å². The molecule has 20 heavy (non-hydrogen) atoms. The molecule has 0 unspecified atom stereocenters. The van der Waals surface area contributed by atoms with E-state index in [4.69, 9.17) is 9.47 Å². The molecule has 0 saturated heterocycles. The minimum absolute atomic E-state index is 0.0642. The summed E-state index contributed by atoms with van der Waals surface area (Å²) in [6.45, 7) is 6.80. The Hall–Kier alpha value is -2.24. The van der Waals surface area contributed by atoms with E-state index in [-0.39, 0.29) is 22.7 Å². The number of aromatic hydroxyl groups is 1. The first-order chi connectivity index (χ1) is 9.19. The number of nitrogens with one attached hydrogen (secondary N) is 1. The van der Waals surface area contributed by atoms with E-state index in [0.29, 0.717) is 11.8 Å². The summed E-state index contributed by atoms with van der Waals surface area (Å²) in [5, 5.41) is 12.3. The van der Waals surface area contributed by atoms with Gasteiger partial charge in [-0.25, -0.2) is 4.79 Å². The van der Waals surface area contributed by atoms with Crippen LogP contribution in [0.1, 0.15) is 36.7 Å². The molecule has 0 aliphatic heterocycles. The summed E-state index contributed by atoms with van der Waals surface area (Å²) in [4.78, 5) is 22.7. The molecular weight excluding hydrogens is 262 g/mol. The van der Waals surface area contributed by atoms with Crippen molar-refractivity contribution in [3.8, 4) is 11.5 Å². The minimum atomic E-state index is -0.669. The lowest BCUT2D eigenvalue weighted by Gasteiger charge is -2.21. The molecule has 6 heteroatoms. The maximum atomic E-state index is 11.8. The van der Waals surface area contributed by atoms with Crippen molar-refractivity contribution in [1.29, 1.82) is 0 Å². The second kappa shape index (κ2) is 5.81. The van der Waals surface area contributed by atoms with Gasteiger partial charge in [0.15, 0.2) is 6.29 Å². The van der Waals surface area contributed by atoms with Crippen LogP contribution >= 0.6 is 0 Å². The van der Waals surface area contributed by atoms with Crippen molar-refractivity contribution in [2.75, 3.05) is 12.4 Å². The van der Waals surface area contributed by atoms with E-state index in [9.17, 15) is 14.7 Å². The fourth-order valence-corrected chi connectivity index (χ4v) is 1.67. The van der Waals surface area contributed by atoms with Gasteiger partial charge in [-0.2, -0.15) is 0 Å². The van der Waals surface area contributed by atoms with Gasteiger partial charge in [-0.15, -0.1) is 0 Å². The topological polar surface area (TPSA) is 84.9 Å². The van der Waals surface area contributed by atoms with Crippen molar-refractivity contribution >= 4 is 18.1 Å². The molecule has 0 heterocycles. The van der Waals surface area contributed by atoms with E-state index >= 15 is 0 Å². The number of amides is 1. The first-order valence-electron chi connectivity index (χ1n) is 6.05. The average molecular weight is 281 g/mol. The number of phenolic OH excluding ortho intramolecular Hbond substituents is 1. The molecule has 1 amide bonds. The van der Waals surface area contributed by atoms with E-state index < -0.39 is 11.7 Å². The number of phenols is 1. The highest BCUT2D eigenvalue weighted by Crippen LogP contribution is 2.37. The van der Waals surface area contributed by atoms with Crippen LogP contribution in [0.4, 0.5) is 10.5 Å². The molecule has 110 valence electrons. The van der Waals surface area contributed by atoms with Crippen LogP contribution in [0.25, 0.3) is 0 Å². The molecule has 1 aromatic carbocycles. The maximum Gasteiger partial charge on any atom is 0.412 e. The number of benzene rings is 1. The summed E-state index contributed by atoms with van der Waals surface area (Å²) >= 11 is 0. The summed E-state index contributed by atoms with van der Waals surface area (Å²) in [5.74, 6) is 0.102. The summed E-state index contributed by atoms with van der Waals surface area (Å²) in [6.07, 6.45) is -0.167. The van der Waals surface area contributed by atoms with Crippen LogP contribution < -0.4 is 10.1 Å². The third kappa shape index (κ3) is 3.63. The van der Waals surface area contributed by atoms with Gasteiger partial charge in [0.05, 0.1) is 18.4 Å². The predicted molar refractivity (Wildman–Crippen MR) is 74.6 cm³/mol. The normalized spacial score (nSPS) is 10.8. The van der Waals surface area contributed by atoms with Crippen molar-refractivity contribution in [1.82, 2.24) is 0 Å². The lowest BCUT2D eigenvalue weighted by atomic mass is 10.1. The third-order valence-corrected chi connectivity index (χ3v) is 2.48. The lowest BCUT2D eigenvalue weighted by Crippen LogP contribution is -2.27. The summed E-state index contributed by atoms with van der Waals surface area (Å²) in [6, 6.07) is 1.33. The second-order valence-electron chi connectivity index (χ2n) is 5.26. The monoisotopic (exact) mass is 281 g/mol. The highest BCUT2D eigenvalue weighted by atomic mass is 16.6. The van der Waals surface area contributed by atoms with Gasteiger partial charge < -0.3 is 14.6 Å². The van der Waals surface area contributed by atoms with Gasteiger partial charge in [0.25, 0.3) is 0 Å². The fourth-order valence-electron chi connectivity index (χ4n) is 1.67. The minimum Gasteiger partial charge on any atom is -0.507 e. The molecule has 0 bridgehead atoms. The quantitative estimate of drug-likeness (QED) is 0.657. The van der Waals surface area contributed by atoms with Crippen LogP contribution in [0.5, 0.6) is 11.5 Å². The number of hydrogen-bond donors (Lipinski definition) is 2. The predicted octanol–water partition coefficient (Wildman–Crippen LogP) is 2.87. The van der Waals surface area contributed by atoms with Crippen LogP contribution in [-0.2, 0) is 4.74 Å². The Morgan fingerprint density at radius 3 is 2.45 bits per heavy atom. The number of rotatable bonds is 3. The number of anilines is 1. The highest BCUT2D eigenvalue weighted by Gasteiger charge is 2.20. The van der Waals surface area contributed by atoms with E-state index in [2.05, 4.69) is 5.32 Å². The van der Waals surface area contributed by atoms with Gasteiger partial charge in [0.2, 0.25) is 0 Å². The smallest absolute Gasteiger partial charge is 0.412 e. The van der Waals surface area contributed by atoms with E-state index in [1.54, 1.807) is 27.7 Å². The van der Waals surface area contributed by atoms with Crippen LogP contribution in [-0.4, -0.2) is 30.2 Å². The van der Waals surface area contributed by atoms with Crippen molar-refractivity contribution < 1.29 is 24.2 Å². The SMILES string of the molecule is COc1c(NC(=O)OC(C)(C)C)cc(C=O)c(O)c1C. The average Bonchev–Trinajstić information content (AvgIpc) is 2.31. The molecule has 6 nitrogen and oxygen atoms in total. The molecule has 1 rings (SSSR count). The number of carbonyl (C=O) groups is 2. The number of carbonyl (C=O) groups excluding carboxylic acids is 2. The summed E-state index contributed by atoms with van der Waals surface area (Å²) < 4.78 is 10.3. The van der Waals surface area contributed by atoms with Crippen molar-refractivity contribution in [2.24, 2.45) is 0 Å². The molecule has 0 saturated carbocycles. The van der Waals surface area contributed by atoms with Gasteiger partial charge in [-0.05, 0) is 33.8 Å². The van der Waals surface area contributed by atoms with E-state index in [0.717, 1.165) is 0 Å². The molecule has 0 aromatic heterocycles. The van der Waals surface area contributed by atoms with Crippen molar-refractivity contribution in [2.45, 2.75) is 33.3 Å². The third-order valence-electron chi connectivity index (χ3n) is 2.48. The highest BCUT2D eigenvalue weighted by molar-refractivity contribution is 5.92. The number of aldehydes is 1. The molecule has 0 fully saturated rings. The molecule has 0 aliphatic carbocycles. The molecular formula is C14H19NO5. The van der Waals surface area contributed by atoms with E-state index in [1.807, 2.05) is 0 Å². The molecule has 0 aliphatic rings. The fraction of sp³-hybridized carbons (Fsp3) is 0.429. The Balaban J connectivity index is 3.14. The summed E-state index contributed by atoms with van der Waals surface area (Å²) in [5.41, 5.74) is 0.0493. The zero-order valence-electron chi connectivity index (χ0n) is 12.2. The second-order valence-corrected chi connectivity index (χ2v) is 5.26. The molecule has 2 N–H and O–H groups in total. The van der Waals surface area contributed by atoms with Crippen LogP contribution in [0.15, 0.2) is 6.07 Å².